The van der Waals surface area contributed by atoms with E-state index in [0.29, 0.717) is 11.3 Å². The molecule has 0 saturated carbocycles. The number of nitrogens with zero attached hydrogens (tertiary/aromatic N) is 2. The van der Waals surface area contributed by atoms with Crippen LogP contribution in [0.25, 0.3) is 11.1 Å². The minimum absolute atomic E-state index is 0.130. The molecule has 0 aliphatic rings. The molecule has 0 aliphatic heterocycles. The second-order valence-corrected chi connectivity index (χ2v) is 5.71. The van der Waals surface area contributed by atoms with Gasteiger partial charge in [0.15, 0.2) is 6.61 Å². The van der Waals surface area contributed by atoms with Gasteiger partial charge in [-0.05, 0) is 41.0 Å². The third-order valence-corrected chi connectivity index (χ3v) is 3.77. The van der Waals surface area contributed by atoms with Gasteiger partial charge in [0.2, 0.25) is 0 Å². The van der Waals surface area contributed by atoms with Crippen LogP contribution in [0.3, 0.4) is 0 Å². The molecule has 0 aliphatic carbocycles. The molecule has 0 saturated heterocycles. The molecule has 0 bridgehead atoms. The smallest absolute Gasteiger partial charge is 0.277 e. The zero-order valence-electron chi connectivity index (χ0n) is 14.5. The predicted octanol–water partition coefficient (Wildman–Crippen LogP) is 3.75. The molecule has 1 amide bonds. The maximum Gasteiger partial charge on any atom is 0.277 e. The molecule has 0 aromatic heterocycles. The maximum absolute atomic E-state index is 11.8. The van der Waals surface area contributed by atoms with Crippen LogP contribution in [0, 0.1) is 11.3 Å². The number of hydrogen-bond donors (Lipinski definition) is 1. The molecule has 3 aromatic carbocycles. The molecule has 3 rings (SSSR count). The van der Waals surface area contributed by atoms with Crippen LogP contribution in [0.4, 0.5) is 0 Å². The quantitative estimate of drug-likeness (QED) is 0.540. The van der Waals surface area contributed by atoms with E-state index in [1.807, 2.05) is 60.7 Å². The van der Waals surface area contributed by atoms with Gasteiger partial charge in [-0.1, -0.05) is 54.6 Å². The average Bonchev–Trinajstić information content (AvgIpc) is 2.74. The monoisotopic (exact) mass is 355 g/mol. The molecule has 5 nitrogen and oxygen atoms in total. The van der Waals surface area contributed by atoms with E-state index in [0.717, 1.165) is 16.7 Å². The Hall–Kier alpha value is -3.91. The number of hydrogen-bond acceptors (Lipinski definition) is 4. The molecule has 3 aromatic rings. The molecule has 132 valence electrons. The molecule has 0 unspecified atom stereocenters. The molecule has 0 heterocycles. The van der Waals surface area contributed by atoms with Crippen LogP contribution in [0.5, 0.6) is 5.75 Å². The first-order chi connectivity index (χ1) is 13.2. The molecule has 0 atom stereocenters. The maximum atomic E-state index is 11.8. The van der Waals surface area contributed by atoms with E-state index in [1.165, 1.54) is 6.21 Å². The fraction of sp³-hybridized carbons (Fsp3) is 0.0455. The number of rotatable bonds is 6. The Bertz CT molecular complexity index is 957. The van der Waals surface area contributed by atoms with Crippen molar-refractivity contribution in [1.82, 2.24) is 5.43 Å². The zero-order chi connectivity index (χ0) is 18.9. The first-order valence-electron chi connectivity index (χ1n) is 8.35. The number of nitriles is 1. The Balaban J connectivity index is 1.47. The van der Waals surface area contributed by atoms with Crippen LogP contribution in [-0.2, 0) is 4.79 Å². The lowest BCUT2D eigenvalue weighted by Crippen LogP contribution is -2.24. The lowest BCUT2D eigenvalue weighted by molar-refractivity contribution is -0.123. The molecule has 5 heteroatoms. The van der Waals surface area contributed by atoms with Gasteiger partial charge in [0, 0.05) is 0 Å². The second-order valence-electron chi connectivity index (χ2n) is 5.71. The fourth-order valence-corrected chi connectivity index (χ4v) is 2.38. The number of hydrazone groups is 1. The molecular formula is C22H17N3O2. The number of ether oxygens (including phenoxy) is 1. The topological polar surface area (TPSA) is 74.5 Å². The molecule has 0 radical (unpaired) electrons. The van der Waals surface area contributed by atoms with Crippen molar-refractivity contribution in [2.45, 2.75) is 0 Å². The lowest BCUT2D eigenvalue weighted by Gasteiger charge is -2.06. The van der Waals surface area contributed by atoms with Crippen molar-refractivity contribution in [2.24, 2.45) is 5.10 Å². The SMILES string of the molecule is N#Cc1ccc(/C=N/NC(=O)COc2ccc(-c3ccccc3)cc2)cc1. The van der Waals surface area contributed by atoms with Crippen molar-refractivity contribution >= 4 is 12.1 Å². The molecule has 27 heavy (non-hydrogen) atoms. The number of carbonyl (C=O) groups is 1. The summed E-state index contributed by atoms with van der Waals surface area (Å²) in [6.07, 6.45) is 1.51. The summed E-state index contributed by atoms with van der Waals surface area (Å²) in [6, 6.07) is 26.5. The highest BCUT2D eigenvalue weighted by molar-refractivity contribution is 5.83. The summed E-state index contributed by atoms with van der Waals surface area (Å²) >= 11 is 0. The number of benzene rings is 3. The van der Waals surface area contributed by atoms with Crippen LogP contribution >= 0.6 is 0 Å². The minimum atomic E-state index is -0.355. The number of nitrogens with one attached hydrogen (secondary N) is 1. The van der Waals surface area contributed by atoms with E-state index in [-0.39, 0.29) is 12.5 Å². The van der Waals surface area contributed by atoms with Gasteiger partial charge in [-0.3, -0.25) is 4.79 Å². The van der Waals surface area contributed by atoms with E-state index in [1.54, 1.807) is 24.3 Å². The van der Waals surface area contributed by atoms with E-state index in [4.69, 9.17) is 10.00 Å². The first kappa shape index (κ1) is 17.9. The third kappa shape index (κ3) is 5.28. The Morgan fingerprint density at radius 2 is 1.63 bits per heavy atom. The number of amides is 1. The van der Waals surface area contributed by atoms with Crippen molar-refractivity contribution in [3.63, 3.8) is 0 Å². The van der Waals surface area contributed by atoms with Crippen molar-refractivity contribution in [2.75, 3.05) is 6.61 Å². The van der Waals surface area contributed by atoms with Gasteiger partial charge >= 0.3 is 0 Å². The van der Waals surface area contributed by atoms with Crippen LogP contribution in [0.2, 0.25) is 0 Å². The van der Waals surface area contributed by atoms with Gasteiger partial charge in [0.05, 0.1) is 17.8 Å². The number of carbonyl (C=O) groups excluding carboxylic acids is 1. The van der Waals surface area contributed by atoms with E-state index >= 15 is 0 Å². The fourth-order valence-electron chi connectivity index (χ4n) is 2.38. The summed E-state index contributed by atoms with van der Waals surface area (Å²) < 4.78 is 5.47. The van der Waals surface area contributed by atoms with Crippen molar-refractivity contribution in [3.8, 4) is 22.9 Å². The largest absolute Gasteiger partial charge is 0.484 e. The van der Waals surface area contributed by atoms with Crippen LogP contribution in [-0.4, -0.2) is 18.7 Å². The highest BCUT2D eigenvalue weighted by Crippen LogP contribution is 2.21. The summed E-state index contributed by atoms with van der Waals surface area (Å²) in [5.74, 6) is 0.257. The molecule has 0 fully saturated rings. The van der Waals surface area contributed by atoms with E-state index < -0.39 is 0 Å². The minimum Gasteiger partial charge on any atom is -0.484 e. The van der Waals surface area contributed by atoms with Gasteiger partial charge < -0.3 is 4.74 Å². The zero-order valence-corrected chi connectivity index (χ0v) is 14.5. The van der Waals surface area contributed by atoms with Gasteiger partial charge in [-0.2, -0.15) is 10.4 Å². The van der Waals surface area contributed by atoms with Crippen LogP contribution < -0.4 is 10.2 Å². The summed E-state index contributed by atoms with van der Waals surface area (Å²) in [5, 5.41) is 12.6. The molecule has 1 N–H and O–H groups in total. The third-order valence-electron chi connectivity index (χ3n) is 3.77. The van der Waals surface area contributed by atoms with Gasteiger partial charge in [-0.15, -0.1) is 0 Å². The second kappa shape index (κ2) is 8.97. The predicted molar refractivity (Wildman–Crippen MR) is 104 cm³/mol. The Labute approximate surface area is 157 Å². The normalized spacial score (nSPS) is 10.3. The summed E-state index contributed by atoms with van der Waals surface area (Å²) in [7, 11) is 0. The lowest BCUT2D eigenvalue weighted by atomic mass is 10.1. The first-order valence-corrected chi connectivity index (χ1v) is 8.35. The standard InChI is InChI=1S/C22H17N3O2/c23-14-17-6-8-18(9-7-17)15-24-25-22(26)16-27-21-12-10-20(11-13-21)19-4-2-1-3-5-19/h1-13,15H,16H2,(H,25,26)/b24-15+. The van der Waals surface area contributed by atoms with Gasteiger partial charge in [-0.25, -0.2) is 5.43 Å². The van der Waals surface area contributed by atoms with Crippen molar-refractivity contribution in [1.29, 1.82) is 5.26 Å². The molecular weight excluding hydrogens is 338 g/mol. The van der Waals surface area contributed by atoms with E-state index in [9.17, 15) is 4.79 Å². The van der Waals surface area contributed by atoms with Gasteiger partial charge in [0.25, 0.3) is 5.91 Å². The van der Waals surface area contributed by atoms with Gasteiger partial charge in [0.1, 0.15) is 5.75 Å². The van der Waals surface area contributed by atoms with Crippen molar-refractivity contribution in [3.05, 3.63) is 90.0 Å². The van der Waals surface area contributed by atoms with Crippen molar-refractivity contribution < 1.29 is 9.53 Å². The summed E-state index contributed by atoms with van der Waals surface area (Å²) in [4.78, 5) is 11.8. The van der Waals surface area contributed by atoms with Crippen LogP contribution in [0.15, 0.2) is 84.0 Å². The highest BCUT2D eigenvalue weighted by Gasteiger charge is 2.02. The average molecular weight is 355 g/mol. The highest BCUT2D eigenvalue weighted by atomic mass is 16.5. The van der Waals surface area contributed by atoms with Crippen LogP contribution in [0.1, 0.15) is 11.1 Å². The Morgan fingerprint density at radius 3 is 2.30 bits per heavy atom. The summed E-state index contributed by atoms with van der Waals surface area (Å²) in [6.45, 7) is -0.130. The molecule has 0 spiro atoms. The summed E-state index contributed by atoms with van der Waals surface area (Å²) in [5.41, 5.74) is 5.97. The van der Waals surface area contributed by atoms with E-state index in [2.05, 4.69) is 10.5 Å². The Kier molecular flexibility index (Phi) is 5.95. The Morgan fingerprint density at radius 1 is 0.963 bits per heavy atom.